The first-order chi connectivity index (χ1) is 20.0. The number of hydrogen-bond donors (Lipinski definition) is 1. The molecule has 0 aliphatic rings. The molecule has 0 spiro atoms. The van der Waals surface area contributed by atoms with Gasteiger partial charge in [0.2, 0.25) is 0 Å². The molecular weight excluding hydrogens is 560 g/mol. The third-order valence-electron chi connectivity index (χ3n) is 5.14. The molecule has 0 saturated carbocycles. The average Bonchev–Trinajstić information content (AvgIpc) is 3.04. The van der Waals surface area contributed by atoms with Crippen molar-refractivity contribution in [2.24, 2.45) is 0 Å². The van der Waals surface area contributed by atoms with Gasteiger partial charge in [-0.05, 0) is 47.5 Å². The molecular formula is C33H37ClO8. The minimum Gasteiger partial charge on any atom is -0.504 e. The molecule has 0 aromatic heterocycles. The topological polar surface area (TPSA) is 101 Å². The molecule has 4 aromatic carbocycles. The van der Waals surface area contributed by atoms with Crippen LogP contribution in [0.4, 0.5) is 0 Å². The molecule has 0 fully saturated rings. The van der Waals surface area contributed by atoms with Crippen molar-refractivity contribution in [1.82, 2.24) is 0 Å². The van der Waals surface area contributed by atoms with Crippen LogP contribution in [0, 0.1) is 0 Å². The maximum Gasteiger partial charge on any atom is 0.188 e. The number of benzene rings is 4. The number of halogens is 1. The molecule has 1 N–H and O–H groups in total. The Bertz CT molecular complexity index is 1300. The maximum atomic E-state index is 10.8. The second-order valence-corrected chi connectivity index (χ2v) is 8.38. The van der Waals surface area contributed by atoms with E-state index in [0.717, 1.165) is 23.7 Å². The van der Waals surface area contributed by atoms with Crippen LogP contribution in [-0.2, 0) is 22.7 Å². The lowest BCUT2D eigenvalue weighted by Gasteiger charge is -2.12. The lowest BCUT2D eigenvalue weighted by Crippen LogP contribution is -2.03. The van der Waals surface area contributed by atoms with Crippen molar-refractivity contribution in [1.29, 1.82) is 0 Å². The van der Waals surface area contributed by atoms with Gasteiger partial charge in [0.15, 0.2) is 29.8 Å². The zero-order chi connectivity index (χ0) is 29.7. The molecule has 0 saturated heterocycles. The summed E-state index contributed by atoms with van der Waals surface area (Å²) in [5.41, 5.74) is 3.06. The highest BCUT2D eigenvalue weighted by molar-refractivity contribution is 6.17. The summed E-state index contributed by atoms with van der Waals surface area (Å²) in [6, 6.07) is 29.2. The van der Waals surface area contributed by atoms with Gasteiger partial charge in [0, 0.05) is 25.3 Å². The van der Waals surface area contributed by atoms with E-state index in [1.165, 1.54) is 18.2 Å². The first-order valence-corrected chi connectivity index (χ1v) is 13.0. The quantitative estimate of drug-likeness (QED) is 0.103. The zero-order valence-corrected chi connectivity index (χ0v) is 23.7. The van der Waals surface area contributed by atoms with Crippen molar-refractivity contribution in [3.8, 4) is 23.0 Å². The minimum absolute atomic E-state index is 0. The van der Waals surface area contributed by atoms with Gasteiger partial charge in [-0.25, -0.2) is 0 Å². The maximum absolute atomic E-state index is 10.8. The van der Waals surface area contributed by atoms with E-state index in [0.29, 0.717) is 47.7 Å². The number of alkyl halides is 1. The van der Waals surface area contributed by atoms with Gasteiger partial charge in [0.1, 0.15) is 31.9 Å². The Balaban J connectivity index is 0.000000368. The minimum atomic E-state index is 0. The van der Waals surface area contributed by atoms with Gasteiger partial charge >= 0.3 is 0 Å². The number of carbonyl (C=O) groups excluding carboxylic acids is 2. The van der Waals surface area contributed by atoms with Crippen LogP contribution in [0.5, 0.6) is 23.0 Å². The van der Waals surface area contributed by atoms with Gasteiger partial charge in [0.25, 0.3) is 0 Å². The van der Waals surface area contributed by atoms with E-state index in [9.17, 15) is 14.7 Å². The summed E-state index contributed by atoms with van der Waals surface area (Å²) >= 11 is 4.96. The lowest BCUT2D eigenvalue weighted by molar-refractivity contribution is 0.0484. The van der Waals surface area contributed by atoms with Crippen molar-refractivity contribution in [3.05, 3.63) is 119 Å². The van der Waals surface area contributed by atoms with E-state index in [-0.39, 0.29) is 20.0 Å². The van der Waals surface area contributed by atoms with Crippen LogP contribution in [0.15, 0.2) is 97.1 Å². The molecule has 0 heterocycles. The zero-order valence-electron chi connectivity index (χ0n) is 22.9. The summed E-state index contributed by atoms with van der Waals surface area (Å²) in [7, 11) is 3.09. The average molecular weight is 597 g/mol. The Hall–Kier alpha value is -4.37. The first kappa shape index (κ1) is 35.7. The van der Waals surface area contributed by atoms with Gasteiger partial charge in [-0.2, -0.15) is 0 Å². The lowest BCUT2D eigenvalue weighted by atomic mass is 10.2. The number of aromatic hydroxyl groups is 1. The molecule has 0 unspecified atom stereocenters. The molecule has 8 nitrogen and oxygen atoms in total. The van der Waals surface area contributed by atoms with Crippen LogP contribution in [0.25, 0.3) is 0 Å². The van der Waals surface area contributed by atoms with Crippen molar-refractivity contribution in [3.63, 3.8) is 0 Å². The summed E-state index contributed by atoms with van der Waals surface area (Å²) < 4.78 is 25.8. The third-order valence-corrected chi connectivity index (χ3v) is 5.36. The fraction of sp³-hybridized carbons (Fsp3) is 0.212. The van der Waals surface area contributed by atoms with Crippen molar-refractivity contribution < 1.29 is 38.4 Å². The Morgan fingerprint density at radius 2 is 1.12 bits per heavy atom. The number of methoxy groups -OCH3 is 2. The van der Waals surface area contributed by atoms with E-state index in [1.54, 1.807) is 32.4 Å². The summed E-state index contributed by atoms with van der Waals surface area (Å²) in [6.45, 7) is 0.894. The molecule has 0 radical (unpaired) electrons. The molecule has 9 heteroatoms. The Labute approximate surface area is 252 Å². The van der Waals surface area contributed by atoms with Gasteiger partial charge in [-0.15, -0.1) is 0 Å². The summed E-state index contributed by atoms with van der Waals surface area (Å²) in [5, 5.41) is 9.57. The van der Waals surface area contributed by atoms with Gasteiger partial charge in [0.05, 0.1) is 0 Å². The number of ether oxygens (including phenoxy) is 5. The third kappa shape index (κ3) is 13.3. The van der Waals surface area contributed by atoms with Crippen LogP contribution in [0.1, 0.15) is 39.3 Å². The summed E-state index contributed by atoms with van der Waals surface area (Å²) in [6.07, 6.45) is 1.49. The highest BCUT2D eigenvalue weighted by atomic mass is 35.5. The molecule has 0 bridgehead atoms. The normalized spacial score (nSPS) is 9.50. The monoisotopic (exact) mass is 596 g/mol. The Morgan fingerprint density at radius 3 is 1.60 bits per heavy atom. The van der Waals surface area contributed by atoms with Crippen molar-refractivity contribution in [2.75, 3.05) is 27.1 Å². The second kappa shape index (κ2) is 21.4. The van der Waals surface area contributed by atoms with Gasteiger partial charge < -0.3 is 28.8 Å². The fourth-order valence-corrected chi connectivity index (χ4v) is 3.14. The summed E-state index contributed by atoms with van der Waals surface area (Å²) in [5.74, 6) is 1.42. The van der Waals surface area contributed by atoms with Crippen LogP contribution >= 0.6 is 11.6 Å². The molecule has 42 heavy (non-hydrogen) atoms. The van der Waals surface area contributed by atoms with E-state index >= 15 is 0 Å². The van der Waals surface area contributed by atoms with Crippen LogP contribution in [0.3, 0.4) is 0 Å². The molecule has 0 aliphatic heterocycles. The molecule has 224 valence electrons. The molecule has 4 aromatic rings. The second-order valence-electron chi connectivity index (χ2n) is 8.17. The first-order valence-electron chi connectivity index (χ1n) is 12.4. The van der Waals surface area contributed by atoms with Crippen molar-refractivity contribution in [2.45, 2.75) is 20.6 Å². The SMILES string of the molecule is C.COCCl.COCOc1ccc(C=O)cc1OCc1ccccc1.O=Cc1ccc(O)c(OCc2ccccc2)c1. The van der Waals surface area contributed by atoms with Gasteiger partial charge in [-0.1, -0.05) is 79.7 Å². The smallest absolute Gasteiger partial charge is 0.188 e. The highest BCUT2D eigenvalue weighted by Gasteiger charge is 2.07. The fourth-order valence-electron chi connectivity index (χ4n) is 3.14. The Kier molecular flexibility index (Phi) is 18.2. The number of aldehydes is 2. The number of carbonyl (C=O) groups is 2. The van der Waals surface area contributed by atoms with Gasteiger partial charge in [-0.3, -0.25) is 9.59 Å². The van der Waals surface area contributed by atoms with E-state index in [2.05, 4.69) is 4.74 Å². The van der Waals surface area contributed by atoms with Crippen molar-refractivity contribution >= 4 is 24.2 Å². The number of phenolic OH excluding ortho intramolecular Hbond substituents is 1. The highest BCUT2D eigenvalue weighted by Crippen LogP contribution is 2.29. The summed E-state index contributed by atoms with van der Waals surface area (Å²) in [4.78, 5) is 21.4. The predicted octanol–water partition coefficient (Wildman–Crippen LogP) is 7.31. The standard InChI is InChI=1S/C16H16O4.C14H12O3.C2H5ClO.CH4/c1-18-12-20-15-8-7-14(10-17)9-16(15)19-11-13-5-3-2-4-6-13;15-9-12-6-7-13(16)14(8-12)17-10-11-4-2-1-3-5-11;1-4-2-3;/h2-10H,11-12H2,1H3;1-9,16H,10H2;2H2,1H3;1H4. The molecule has 0 atom stereocenters. The largest absolute Gasteiger partial charge is 0.504 e. The predicted molar refractivity (Wildman–Crippen MR) is 164 cm³/mol. The van der Waals surface area contributed by atoms with Crippen LogP contribution in [0.2, 0.25) is 0 Å². The Morgan fingerprint density at radius 1 is 0.643 bits per heavy atom. The molecule has 0 aliphatic carbocycles. The molecule has 0 amide bonds. The van der Waals surface area contributed by atoms with E-state index in [1.807, 2.05) is 60.7 Å². The van der Waals surface area contributed by atoms with Crippen LogP contribution in [-0.4, -0.2) is 44.8 Å². The van der Waals surface area contributed by atoms with E-state index in [4.69, 9.17) is 30.5 Å². The van der Waals surface area contributed by atoms with E-state index < -0.39 is 0 Å². The number of phenols is 1. The molecule has 4 rings (SSSR count). The number of rotatable bonds is 12. The number of hydrogen-bond acceptors (Lipinski definition) is 8. The van der Waals surface area contributed by atoms with Crippen LogP contribution < -0.4 is 14.2 Å².